The Morgan fingerprint density at radius 3 is 2.86 bits per heavy atom. The Labute approximate surface area is 133 Å². The fourth-order valence-corrected chi connectivity index (χ4v) is 4.28. The summed E-state index contributed by atoms with van der Waals surface area (Å²) >= 11 is 1.71. The Morgan fingerprint density at radius 2 is 2.14 bits per heavy atom. The lowest BCUT2D eigenvalue weighted by Crippen LogP contribution is -2.42. The standard InChI is InChI=1S/C16H21N3O2S/c1-9(2)7-11(16(20)21)19-14-13-10-5-3-4-6-12(10)22-15(13)18-8-17-14/h8-9,11H,3-7H2,1-2H3,(H,20,21)(H,17,18,19)/p-1/t11-/m0/s1. The van der Waals surface area contributed by atoms with E-state index in [4.69, 9.17) is 0 Å². The molecule has 0 amide bonds. The van der Waals surface area contributed by atoms with Gasteiger partial charge in [0.2, 0.25) is 0 Å². The molecule has 3 rings (SSSR count). The topological polar surface area (TPSA) is 77.9 Å². The summed E-state index contributed by atoms with van der Waals surface area (Å²) in [6, 6.07) is -0.725. The van der Waals surface area contributed by atoms with E-state index in [-0.39, 0.29) is 5.92 Å². The number of carboxylic acid groups (broad SMARTS) is 1. The van der Waals surface area contributed by atoms with Crippen molar-refractivity contribution in [1.29, 1.82) is 0 Å². The lowest BCUT2D eigenvalue weighted by molar-refractivity contribution is -0.307. The molecule has 0 aliphatic heterocycles. The van der Waals surface area contributed by atoms with Crippen molar-refractivity contribution in [3.63, 3.8) is 0 Å². The Hall–Kier alpha value is -1.69. The number of hydrogen-bond donors (Lipinski definition) is 1. The Kier molecular flexibility index (Phi) is 4.29. The molecule has 1 N–H and O–H groups in total. The molecular weight excluding hydrogens is 298 g/mol. The number of carbonyl (C=O) groups excluding carboxylic acids is 1. The zero-order valence-corrected chi connectivity index (χ0v) is 13.7. The van der Waals surface area contributed by atoms with Gasteiger partial charge in [-0.05, 0) is 43.6 Å². The first kappa shape index (κ1) is 15.2. The van der Waals surface area contributed by atoms with Gasteiger partial charge in [0.1, 0.15) is 17.0 Å². The van der Waals surface area contributed by atoms with E-state index < -0.39 is 12.0 Å². The predicted octanol–water partition coefficient (Wildman–Crippen LogP) is 2.15. The van der Waals surface area contributed by atoms with Crippen molar-refractivity contribution in [3.05, 3.63) is 16.8 Å². The van der Waals surface area contributed by atoms with Gasteiger partial charge >= 0.3 is 0 Å². The number of anilines is 1. The number of carbonyl (C=O) groups is 1. The van der Waals surface area contributed by atoms with Crippen molar-refractivity contribution in [1.82, 2.24) is 9.97 Å². The third-order valence-electron chi connectivity index (χ3n) is 4.05. The zero-order valence-electron chi connectivity index (χ0n) is 12.9. The highest BCUT2D eigenvalue weighted by atomic mass is 32.1. The summed E-state index contributed by atoms with van der Waals surface area (Å²) in [4.78, 5) is 22.4. The summed E-state index contributed by atoms with van der Waals surface area (Å²) in [5, 5.41) is 15.5. The first-order chi connectivity index (χ1) is 10.6. The van der Waals surface area contributed by atoms with Crippen LogP contribution in [0.4, 0.5) is 5.82 Å². The number of aromatic nitrogens is 2. The second kappa shape index (κ2) is 6.20. The van der Waals surface area contributed by atoms with E-state index >= 15 is 0 Å². The Morgan fingerprint density at radius 1 is 1.36 bits per heavy atom. The molecular formula is C16H20N3O2S-. The fraction of sp³-hybridized carbons (Fsp3) is 0.562. The van der Waals surface area contributed by atoms with Crippen molar-refractivity contribution >= 4 is 33.3 Å². The molecule has 118 valence electrons. The fourth-order valence-electron chi connectivity index (χ4n) is 3.05. The SMILES string of the molecule is CC(C)C[C@H](Nc1ncnc2sc3c(c12)CCCC3)C(=O)[O-]. The summed E-state index contributed by atoms with van der Waals surface area (Å²) in [5.41, 5.74) is 1.30. The van der Waals surface area contributed by atoms with Gasteiger partial charge in [-0.15, -0.1) is 11.3 Å². The highest BCUT2D eigenvalue weighted by Gasteiger charge is 2.21. The highest BCUT2D eigenvalue weighted by molar-refractivity contribution is 7.19. The zero-order chi connectivity index (χ0) is 15.7. The average Bonchev–Trinajstić information content (AvgIpc) is 2.85. The summed E-state index contributed by atoms with van der Waals surface area (Å²) in [5.74, 6) is -0.173. The number of hydrogen-bond acceptors (Lipinski definition) is 6. The van der Waals surface area contributed by atoms with Crippen LogP contribution < -0.4 is 10.4 Å². The molecule has 0 spiro atoms. The molecule has 0 bridgehead atoms. The number of nitrogens with one attached hydrogen (secondary N) is 1. The van der Waals surface area contributed by atoms with E-state index in [1.54, 1.807) is 11.3 Å². The molecule has 2 heterocycles. The van der Waals surface area contributed by atoms with E-state index in [2.05, 4.69) is 15.3 Å². The minimum absolute atomic E-state index is 0.268. The van der Waals surface area contributed by atoms with E-state index in [1.165, 1.54) is 29.6 Å². The number of thiophene rings is 1. The van der Waals surface area contributed by atoms with Crippen LogP contribution >= 0.6 is 11.3 Å². The molecule has 2 aromatic rings. The van der Waals surface area contributed by atoms with Crippen LogP contribution in [0, 0.1) is 5.92 Å². The molecule has 0 aromatic carbocycles. The third kappa shape index (κ3) is 2.92. The number of carboxylic acids is 1. The molecule has 2 aromatic heterocycles. The van der Waals surface area contributed by atoms with Crippen molar-refractivity contribution in [3.8, 4) is 0 Å². The van der Waals surface area contributed by atoms with Gasteiger partial charge in [-0.2, -0.15) is 0 Å². The van der Waals surface area contributed by atoms with Gasteiger partial charge in [-0.25, -0.2) is 9.97 Å². The van der Waals surface area contributed by atoms with E-state index in [0.717, 1.165) is 23.1 Å². The molecule has 0 saturated carbocycles. The molecule has 0 radical (unpaired) electrons. The van der Waals surface area contributed by atoms with E-state index in [9.17, 15) is 9.90 Å². The summed E-state index contributed by atoms with van der Waals surface area (Å²) < 4.78 is 0. The number of aliphatic carboxylic acids is 1. The molecule has 1 atom stereocenters. The lowest BCUT2D eigenvalue weighted by Gasteiger charge is -2.22. The molecule has 0 saturated heterocycles. The van der Waals surface area contributed by atoms with Gasteiger partial charge in [-0.3, -0.25) is 0 Å². The lowest BCUT2D eigenvalue weighted by atomic mass is 9.97. The number of rotatable bonds is 5. The molecule has 1 aliphatic rings. The average molecular weight is 318 g/mol. The quantitative estimate of drug-likeness (QED) is 0.914. The van der Waals surface area contributed by atoms with Crippen LogP contribution in [0.3, 0.4) is 0 Å². The third-order valence-corrected chi connectivity index (χ3v) is 5.25. The van der Waals surface area contributed by atoms with Gasteiger partial charge in [0.05, 0.1) is 17.4 Å². The molecule has 22 heavy (non-hydrogen) atoms. The second-order valence-electron chi connectivity index (χ2n) is 6.26. The van der Waals surface area contributed by atoms with Crippen molar-refractivity contribution in [2.45, 2.75) is 52.0 Å². The van der Waals surface area contributed by atoms with Crippen LogP contribution in [0.2, 0.25) is 0 Å². The van der Waals surface area contributed by atoms with E-state index in [1.807, 2.05) is 13.8 Å². The van der Waals surface area contributed by atoms with Crippen molar-refractivity contribution in [2.24, 2.45) is 5.92 Å². The van der Waals surface area contributed by atoms with E-state index in [0.29, 0.717) is 12.2 Å². The van der Waals surface area contributed by atoms with Crippen LogP contribution in [0.15, 0.2) is 6.33 Å². The Bertz CT molecular complexity index is 696. The molecule has 5 nitrogen and oxygen atoms in total. The highest BCUT2D eigenvalue weighted by Crippen LogP contribution is 2.38. The molecule has 6 heteroatoms. The van der Waals surface area contributed by atoms with Gasteiger partial charge < -0.3 is 15.2 Å². The number of fused-ring (bicyclic) bond motifs is 3. The summed E-state index contributed by atoms with van der Waals surface area (Å²) in [6.07, 6.45) is 6.52. The first-order valence-corrected chi connectivity index (χ1v) is 8.60. The minimum atomic E-state index is -1.08. The van der Waals surface area contributed by atoms with Gasteiger partial charge in [0.25, 0.3) is 0 Å². The Balaban J connectivity index is 1.99. The molecule has 0 unspecified atom stereocenters. The summed E-state index contributed by atoms with van der Waals surface area (Å²) in [7, 11) is 0. The van der Waals surface area contributed by atoms with Gasteiger partial charge in [0, 0.05) is 4.88 Å². The molecule has 0 fully saturated rings. The van der Waals surface area contributed by atoms with Crippen LogP contribution in [-0.2, 0) is 17.6 Å². The first-order valence-electron chi connectivity index (χ1n) is 7.79. The van der Waals surface area contributed by atoms with Crippen molar-refractivity contribution in [2.75, 3.05) is 5.32 Å². The van der Waals surface area contributed by atoms with Crippen LogP contribution in [0.1, 0.15) is 43.6 Å². The second-order valence-corrected chi connectivity index (χ2v) is 7.34. The maximum absolute atomic E-state index is 11.4. The van der Waals surface area contributed by atoms with Crippen LogP contribution in [0.5, 0.6) is 0 Å². The monoisotopic (exact) mass is 318 g/mol. The number of aryl methyl sites for hydroxylation is 2. The summed E-state index contributed by atoms with van der Waals surface area (Å²) in [6.45, 7) is 4.00. The number of nitrogens with zero attached hydrogens (tertiary/aromatic N) is 2. The maximum Gasteiger partial charge on any atom is 0.138 e. The minimum Gasteiger partial charge on any atom is -0.548 e. The van der Waals surface area contributed by atoms with Gasteiger partial charge in [0.15, 0.2) is 0 Å². The predicted molar refractivity (Wildman–Crippen MR) is 85.9 cm³/mol. The maximum atomic E-state index is 11.4. The molecule has 1 aliphatic carbocycles. The van der Waals surface area contributed by atoms with Gasteiger partial charge in [-0.1, -0.05) is 13.8 Å². The largest absolute Gasteiger partial charge is 0.548 e. The normalized spacial score (nSPS) is 15.8. The van der Waals surface area contributed by atoms with Crippen LogP contribution in [-0.4, -0.2) is 22.0 Å². The smallest absolute Gasteiger partial charge is 0.138 e. The van der Waals surface area contributed by atoms with Crippen LogP contribution in [0.25, 0.3) is 10.2 Å². The van der Waals surface area contributed by atoms with Crippen molar-refractivity contribution < 1.29 is 9.90 Å².